The molecule has 9 heteroatoms. The van der Waals surface area contributed by atoms with Crippen LogP contribution in [0.4, 0.5) is 5.69 Å². The molecule has 32 heavy (non-hydrogen) atoms. The van der Waals surface area contributed by atoms with Crippen molar-refractivity contribution >= 4 is 33.5 Å². The number of amidine groups is 1. The van der Waals surface area contributed by atoms with Crippen molar-refractivity contribution in [2.24, 2.45) is 5.73 Å². The fraction of sp³-hybridized carbons (Fsp3) is 0.0870. The first-order valence-corrected chi connectivity index (χ1v) is 11.3. The third-order valence-electron chi connectivity index (χ3n) is 4.54. The number of amides is 1. The first-order valence-electron chi connectivity index (χ1n) is 9.45. The maximum atomic E-state index is 13.0. The van der Waals surface area contributed by atoms with Gasteiger partial charge in [-0.15, -0.1) is 0 Å². The van der Waals surface area contributed by atoms with Crippen molar-refractivity contribution in [3.8, 4) is 11.1 Å². The minimum atomic E-state index is -4.01. The Bertz CT molecular complexity index is 1320. The summed E-state index contributed by atoms with van der Waals surface area (Å²) in [5.41, 5.74) is 8.39. The number of carbonyl (C=O) groups excluding carboxylic acids is 2. The molecule has 0 atom stereocenters. The highest BCUT2D eigenvalue weighted by Gasteiger charge is 2.22. The number of benzene rings is 3. The van der Waals surface area contributed by atoms with Crippen LogP contribution >= 0.6 is 0 Å². The number of aryl methyl sites for hydroxylation is 1. The number of carbonyl (C=O) groups is 2. The van der Waals surface area contributed by atoms with Gasteiger partial charge in [0, 0.05) is 16.8 Å². The Balaban J connectivity index is 2.01. The highest BCUT2D eigenvalue weighted by Crippen LogP contribution is 2.30. The minimum Gasteiger partial charge on any atom is -0.384 e. The van der Waals surface area contributed by atoms with E-state index in [1.165, 1.54) is 6.07 Å². The van der Waals surface area contributed by atoms with Crippen LogP contribution < -0.4 is 11.1 Å². The van der Waals surface area contributed by atoms with Gasteiger partial charge in [-0.1, -0.05) is 35.9 Å². The molecule has 0 aliphatic heterocycles. The minimum absolute atomic E-state index is 0.0205. The predicted octanol–water partition coefficient (Wildman–Crippen LogP) is 3.31. The third kappa shape index (κ3) is 5.38. The second-order valence-corrected chi connectivity index (χ2v) is 8.69. The molecule has 0 spiro atoms. The lowest BCUT2D eigenvalue weighted by molar-refractivity contribution is 0.0748. The number of anilines is 1. The summed E-state index contributed by atoms with van der Waals surface area (Å²) in [6, 6.07) is 17.9. The number of nitrogen functional groups attached to an aromatic ring is 1. The Hall–Kier alpha value is -3.98. The SMILES string of the molecule is Cc1ccc(C(=O)OS(C)(=O)=O)c(-c2ccccc2C(=O)Nc2ccc(C(=N)N)cc2)c1. The van der Waals surface area contributed by atoms with Gasteiger partial charge in [-0.3, -0.25) is 10.2 Å². The lowest BCUT2D eigenvalue weighted by Crippen LogP contribution is -2.16. The van der Waals surface area contributed by atoms with E-state index >= 15 is 0 Å². The molecule has 0 bridgehead atoms. The average molecular weight is 452 g/mol. The first-order chi connectivity index (χ1) is 15.0. The van der Waals surface area contributed by atoms with E-state index in [-0.39, 0.29) is 17.0 Å². The van der Waals surface area contributed by atoms with Crippen LogP contribution in [0.5, 0.6) is 0 Å². The fourth-order valence-electron chi connectivity index (χ4n) is 3.09. The number of hydrogen-bond donors (Lipinski definition) is 3. The van der Waals surface area contributed by atoms with Gasteiger partial charge in [0.1, 0.15) is 5.84 Å². The maximum absolute atomic E-state index is 13.0. The standard InChI is InChI=1S/C23H21N3O5S/c1-14-7-12-19(23(28)31-32(2,29)30)20(13-14)17-5-3-4-6-18(17)22(27)26-16-10-8-15(9-11-16)21(24)25/h3-13H,1-2H3,(H3,24,25)(H,26,27). The topological polar surface area (TPSA) is 139 Å². The van der Waals surface area contributed by atoms with Crippen molar-refractivity contribution in [2.75, 3.05) is 11.6 Å². The molecule has 0 aromatic heterocycles. The van der Waals surface area contributed by atoms with Gasteiger partial charge >= 0.3 is 16.1 Å². The molecule has 3 rings (SSSR count). The molecule has 0 aliphatic carbocycles. The highest BCUT2D eigenvalue weighted by atomic mass is 32.2. The molecule has 0 aliphatic rings. The second kappa shape index (κ2) is 9.03. The molecule has 3 aromatic carbocycles. The van der Waals surface area contributed by atoms with Crippen molar-refractivity contribution in [1.82, 2.24) is 0 Å². The lowest BCUT2D eigenvalue weighted by Gasteiger charge is -2.14. The lowest BCUT2D eigenvalue weighted by atomic mass is 9.93. The average Bonchev–Trinajstić information content (AvgIpc) is 2.72. The smallest absolute Gasteiger partial charge is 0.354 e. The number of hydrogen-bond acceptors (Lipinski definition) is 6. The molecule has 0 radical (unpaired) electrons. The van der Waals surface area contributed by atoms with E-state index in [9.17, 15) is 18.0 Å². The van der Waals surface area contributed by atoms with Gasteiger partial charge in [0.25, 0.3) is 5.91 Å². The van der Waals surface area contributed by atoms with Gasteiger partial charge < -0.3 is 15.2 Å². The number of nitrogens with one attached hydrogen (secondary N) is 2. The summed E-state index contributed by atoms with van der Waals surface area (Å²) in [7, 11) is -4.01. The molecule has 0 fully saturated rings. The predicted molar refractivity (Wildman–Crippen MR) is 122 cm³/mol. The molecular weight excluding hydrogens is 430 g/mol. The van der Waals surface area contributed by atoms with Gasteiger partial charge in [-0.05, 0) is 54.4 Å². The third-order valence-corrected chi connectivity index (χ3v) is 4.99. The quantitative estimate of drug-likeness (QED) is 0.298. The highest BCUT2D eigenvalue weighted by molar-refractivity contribution is 7.86. The number of nitrogens with two attached hydrogens (primary N) is 1. The van der Waals surface area contributed by atoms with Crippen molar-refractivity contribution < 1.29 is 22.2 Å². The zero-order valence-corrected chi connectivity index (χ0v) is 18.2. The van der Waals surface area contributed by atoms with E-state index in [0.29, 0.717) is 22.4 Å². The monoisotopic (exact) mass is 451 g/mol. The normalized spacial score (nSPS) is 10.9. The largest absolute Gasteiger partial charge is 0.384 e. The zero-order chi connectivity index (χ0) is 23.5. The van der Waals surface area contributed by atoms with Gasteiger partial charge in [0.15, 0.2) is 0 Å². The fourth-order valence-corrected chi connectivity index (χ4v) is 3.45. The van der Waals surface area contributed by atoms with Gasteiger partial charge in [0.2, 0.25) is 0 Å². The zero-order valence-electron chi connectivity index (χ0n) is 17.4. The van der Waals surface area contributed by atoms with E-state index in [1.807, 2.05) is 6.92 Å². The molecule has 0 saturated carbocycles. The first kappa shape index (κ1) is 22.7. The van der Waals surface area contributed by atoms with E-state index in [1.54, 1.807) is 60.7 Å². The molecule has 1 amide bonds. The van der Waals surface area contributed by atoms with Crippen molar-refractivity contribution in [3.05, 3.63) is 89.0 Å². The van der Waals surface area contributed by atoms with E-state index in [2.05, 4.69) is 9.50 Å². The van der Waals surface area contributed by atoms with Crippen LogP contribution in [-0.2, 0) is 14.3 Å². The van der Waals surface area contributed by atoms with Crippen LogP contribution in [0.2, 0.25) is 0 Å². The summed E-state index contributed by atoms with van der Waals surface area (Å²) in [6.45, 7) is 1.81. The van der Waals surface area contributed by atoms with Crippen LogP contribution in [0.3, 0.4) is 0 Å². The molecule has 164 valence electrons. The van der Waals surface area contributed by atoms with Crippen LogP contribution in [0, 0.1) is 12.3 Å². The molecular formula is C23H21N3O5S. The summed E-state index contributed by atoms with van der Waals surface area (Å²) in [4.78, 5) is 25.5. The second-order valence-electron chi connectivity index (χ2n) is 7.11. The molecule has 4 N–H and O–H groups in total. The Morgan fingerprint density at radius 2 is 1.59 bits per heavy atom. The van der Waals surface area contributed by atoms with Crippen molar-refractivity contribution in [3.63, 3.8) is 0 Å². The van der Waals surface area contributed by atoms with E-state index in [4.69, 9.17) is 11.1 Å². The van der Waals surface area contributed by atoms with E-state index < -0.39 is 22.0 Å². The summed E-state index contributed by atoms with van der Waals surface area (Å²) in [5.74, 6) is -1.54. The summed E-state index contributed by atoms with van der Waals surface area (Å²) < 4.78 is 27.4. The van der Waals surface area contributed by atoms with Crippen LogP contribution in [0.1, 0.15) is 31.8 Å². The molecule has 0 heterocycles. The summed E-state index contributed by atoms with van der Waals surface area (Å²) in [6.07, 6.45) is 0.789. The molecule has 0 saturated heterocycles. The van der Waals surface area contributed by atoms with Gasteiger partial charge in [0.05, 0.1) is 11.8 Å². The Morgan fingerprint density at radius 3 is 2.22 bits per heavy atom. The Kier molecular flexibility index (Phi) is 6.40. The van der Waals surface area contributed by atoms with Gasteiger partial charge in [-0.2, -0.15) is 8.42 Å². The summed E-state index contributed by atoms with van der Waals surface area (Å²) >= 11 is 0. The van der Waals surface area contributed by atoms with Crippen molar-refractivity contribution in [2.45, 2.75) is 6.92 Å². The van der Waals surface area contributed by atoms with E-state index in [0.717, 1.165) is 11.8 Å². The summed E-state index contributed by atoms with van der Waals surface area (Å²) in [5, 5.41) is 10.2. The Labute approximate surface area is 185 Å². The van der Waals surface area contributed by atoms with Crippen molar-refractivity contribution in [1.29, 1.82) is 5.41 Å². The van der Waals surface area contributed by atoms with Crippen LogP contribution in [-0.4, -0.2) is 32.4 Å². The Morgan fingerprint density at radius 1 is 0.938 bits per heavy atom. The molecule has 0 unspecified atom stereocenters. The number of rotatable bonds is 6. The van der Waals surface area contributed by atoms with Crippen LogP contribution in [0.25, 0.3) is 11.1 Å². The van der Waals surface area contributed by atoms with Crippen LogP contribution in [0.15, 0.2) is 66.7 Å². The molecule has 8 nitrogen and oxygen atoms in total. The maximum Gasteiger partial charge on any atom is 0.354 e. The van der Waals surface area contributed by atoms with Gasteiger partial charge in [-0.25, -0.2) is 4.79 Å². The molecule has 3 aromatic rings.